The monoisotopic (exact) mass is 632 g/mol. The fourth-order valence-corrected chi connectivity index (χ4v) is 4.91. The molecule has 4 aromatic rings. The number of aliphatic hydroxyl groups is 1. The number of aromatic nitrogens is 3. The van der Waals surface area contributed by atoms with Crippen LogP contribution in [0.2, 0.25) is 0 Å². The van der Waals surface area contributed by atoms with Crippen LogP contribution in [0, 0.1) is 0 Å². The zero-order valence-electron chi connectivity index (χ0n) is 25.2. The number of piperazine rings is 1. The van der Waals surface area contributed by atoms with Crippen molar-refractivity contribution in [2.45, 2.75) is 19.2 Å². The summed E-state index contributed by atoms with van der Waals surface area (Å²) in [4.78, 5) is 18.0. The second-order valence-corrected chi connectivity index (χ2v) is 10.1. The summed E-state index contributed by atoms with van der Waals surface area (Å²) in [6.45, 7) is 6.15. The highest BCUT2D eigenvalue weighted by atomic mass is 19.4. The number of β-amino-alcohol motifs (C(OH)–C–C–N with tert-alkyl or cyclic N) is 1. The number of alkyl halides is 3. The second kappa shape index (κ2) is 14.3. The Morgan fingerprint density at radius 2 is 1.60 bits per heavy atom. The Morgan fingerprint density at radius 1 is 0.978 bits per heavy atom. The van der Waals surface area contributed by atoms with Crippen LogP contribution in [-0.4, -0.2) is 102 Å². The Labute approximate surface area is 257 Å². The first-order valence-electron chi connectivity index (χ1n) is 13.9. The number of halogens is 3. The first-order valence-corrected chi connectivity index (χ1v) is 13.9. The number of carbonyl (C=O) groups is 1. The van der Waals surface area contributed by atoms with E-state index in [1.54, 1.807) is 27.5 Å². The summed E-state index contributed by atoms with van der Waals surface area (Å²) in [5.41, 5.74) is 4.35. The van der Waals surface area contributed by atoms with Crippen molar-refractivity contribution in [2.75, 3.05) is 64.3 Å². The van der Waals surface area contributed by atoms with Crippen molar-refractivity contribution in [3.8, 4) is 28.5 Å². The van der Waals surface area contributed by atoms with E-state index in [0.717, 1.165) is 54.3 Å². The number of methoxy groups -OCH3 is 3. The van der Waals surface area contributed by atoms with Crippen molar-refractivity contribution in [3.05, 3.63) is 54.7 Å². The van der Waals surface area contributed by atoms with Crippen molar-refractivity contribution in [3.63, 3.8) is 0 Å². The van der Waals surface area contributed by atoms with E-state index in [2.05, 4.69) is 26.2 Å². The number of aliphatic carboxylic acids is 1. The van der Waals surface area contributed by atoms with Gasteiger partial charge in [-0.3, -0.25) is 4.90 Å². The van der Waals surface area contributed by atoms with E-state index >= 15 is 0 Å². The molecule has 0 amide bonds. The van der Waals surface area contributed by atoms with E-state index in [9.17, 15) is 18.3 Å². The zero-order valence-corrected chi connectivity index (χ0v) is 25.2. The summed E-state index contributed by atoms with van der Waals surface area (Å²) in [5.74, 6) is -0.228. The molecule has 1 fully saturated rings. The molecule has 0 saturated carbocycles. The molecule has 1 atom stereocenters. The summed E-state index contributed by atoms with van der Waals surface area (Å²) in [6.07, 6.45) is -3.62. The molecular formula is C30H35F3N6O6. The third-order valence-corrected chi connectivity index (χ3v) is 7.02. The van der Waals surface area contributed by atoms with Gasteiger partial charge in [-0.15, -0.1) is 5.10 Å². The number of ether oxygens (including phenoxy) is 3. The van der Waals surface area contributed by atoms with Gasteiger partial charge in [0.05, 0.1) is 56.1 Å². The minimum absolute atomic E-state index is 0.312. The smallest absolute Gasteiger partial charge is 0.490 e. The van der Waals surface area contributed by atoms with Gasteiger partial charge in [0.25, 0.3) is 0 Å². The molecule has 3 heterocycles. The Bertz CT molecular complexity index is 1580. The van der Waals surface area contributed by atoms with E-state index < -0.39 is 12.1 Å². The number of carboxylic acids is 1. The van der Waals surface area contributed by atoms with E-state index in [4.69, 9.17) is 29.2 Å². The molecule has 3 N–H and O–H groups in total. The van der Waals surface area contributed by atoms with Crippen molar-refractivity contribution < 1.29 is 42.4 Å². The maximum atomic E-state index is 10.6. The van der Waals surface area contributed by atoms with Crippen LogP contribution < -0.4 is 24.4 Å². The number of nitrogens with one attached hydrogen (secondary N) is 1. The molecule has 1 aliphatic heterocycles. The number of hydrogen-bond acceptors (Lipinski definition) is 10. The highest BCUT2D eigenvalue weighted by Crippen LogP contribution is 2.39. The normalized spacial score (nSPS) is 14.4. The average Bonchev–Trinajstić information content (AvgIpc) is 3.43. The van der Waals surface area contributed by atoms with Crippen LogP contribution >= 0.6 is 0 Å². The van der Waals surface area contributed by atoms with Gasteiger partial charge in [0, 0.05) is 44.5 Å². The average molecular weight is 633 g/mol. The van der Waals surface area contributed by atoms with E-state index in [1.165, 1.54) is 0 Å². The molecule has 1 aliphatic rings. The molecule has 15 heteroatoms. The maximum absolute atomic E-state index is 10.6. The van der Waals surface area contributed by atoms with Crippen LogP contribution in [0.3, 0.4) is 0 Å². The molecule has 0 radical (unpaired) electrons. The molecule has 2 aromatic heterocycles. The van der Waals surface area contributed by atoms with Gasteiger partial charge in [0.15, 0.2) is 0 Å². The SMILES string of the molecule is COc1cc(N2CCN(C[C@H](C)O)CC2)ccc1Nc1ncc2ccc(-c3c(OC)cccc3OC)n2n1.O=C(O)C(F)(F)F. The number of benzene rings is 2. The van der Waals surface area contributed by atoms with Crippen molar-refractivity contribution in [1.29, 1.82) is 0 Å². The highest BCUT2D eigenvalue weighted by Gasteiger charge is 2.38. The predicted octanol–water partition coefficient (Wildman–Crippen LogP) is 4.30. The molecule has 2 aromatic carbocycles. The number of fused-ring (bicyclic) bond motifs is 1. The lowest BCUT2D eigenvalue weighted by Crippen LogP contribution is -2.48. The van der Waals surface area contributed by atoms with E-state index in [-0.39, 0.29) is 6.10 Å². The van der Waals surface area contributed by atoms with E-state index in [0.29, 0.717) is 29.7 Å². The van der Waals surface area contributed by atoms with Crippen LogP contribution in [0.4, 0.5) is 30.5 Å². The van der Waals surface area contributed by atoms with Gasteiger partial charge in [-0.1, -0.05) is 6.07 Å². The lowest BCUT2D eigenvalue weighted by molar-refractivity contribution is -0.192. The molecule has 242 valence electrons. The summed E-state index contributed by atoms with van der Waals surface area (Å²) in [6, 6.07) is 15.7. The topological polar surface area (TPSA) is 134 Å². The van der Waals surface area contributed by atoms with Crippen LogP contribution in [-0.2, 0) is 4.79 Å². The molecule has 12 nitrogen and oxygen atoms in total. The van der Waals surface area contributed by atoms with Crippen molar-refractivity contribution in [1.82, 2.24) is 19.5 Å². The van der Waals surface area contributed by atoms with Gasteiger partial charge in [0.1, 0.15) is 17.2 Å². The number of hydrogen-bond donors (Lipinski definition) is 3. The van der Waals surface area contributed by atoms with Gasteiger partial charge >= 0.3 is 12.1 Å². The quantitative estimate of drug-likeness (QED) is 0.244. The molecule has 5 rings (SSSR count). The molecule has 0 spiro atoms. The third-order valence-electron chi connectivity index (χ3n) is 7.02. The number of anilines is 3. The minimum Gasteiger partial charge on any atom is -0.496 e. The third kappa shape index (κ3) is 8.05. The Hall–Kier alpha value is -4.76. The van der Waals surface area contributed by atoms with Gasteiger partial charge in [-0.05, 0) is 43.3 Å². The van der Waals surface area contributed by atoms with Crippen LogP contribution in [0.1, 0.15) is 6.92 Å². The standard InChI is InChI=1S/C28H34N6O4.C2HF3O2/c1-19(35)18-32-12-14-33(15-13-32)20-8-10-22(26(16-20)38-4)30-28-29-17-21-9-11-23(34(21)31-28)27-24(36-2)6-5-7-25(27)37-3;3-2(4,5)1(6)7/h5-11,16-17,19,35H,12-15,18H2,1-4H3,(H,30,31);(H,6,7)/t19-;/m0./s1. The first kappa shape index (κ1) is 33.1. The number of nitrogens with zero attached hydrogens (tertiary/aromatic N) is 5. The van der Waals surface area contributed by atoms with Crippen LogP contribution in [0.25, 0.3) is 16.8 Å². The molecule has 1 saturated heterocycles. The molecule has 45 heavy (non-hydrogen) atoms. The minimum atomic E-state index is -5.08. The summed E-state index contributed by atoms with van der Waals surface area (Å²) in [7, 11) is 4.94. The zero-order chi connectivity index (χ0) is 32.7. The lowest BCUT2D eigenvalue weighted by Gasteiger charge is -2.36. The summed E-state index contributed by atoms with van der Waals surface area (Å²) in [5, 5.41) is 24.9. The Morgan fingerprint density at radius 3 is 2.16 bits per heavy atom. The first-order chi connectivity index (χ1) is 21.4. The van der Waals surface area contributed by atoms with Gasteiger partial charge in [0.2, 0.25) is 5.95 Å². The largest absolute Gasteiger partial charge is 0.496 e. The number of aliphatic hydroxyl groups excluding tert-OH is 1. The Balaban J connectivity index is 0.000000591. The fraction of sp³-hybridized carbons (Fsp3) is 0.367. The number of carboxylic acid groups (broad SMARTS) is 1. The Kier molecular flexibility index (Phi) is 10.6. The predicted molar refractivity (Wildman–Crippen MR) is 162 cm³/mol. The van der Waals surface area contributed by atoms with Crippen LogP contribution in [0.15, 0.2) is 54.7 Å². The number of rotatable bonds is 9. The summed E-state index contributed by atoms with van der Waals surface area (Å²) < 4.78 is 50.5. The lowest BCUT2D eigenvalue weighted by atomic mass is 10.1. The molecule has 0 unspecified atom stereocenters. The molecule has 0 bridgehead atoms. The van der Waals surface area contributed by atoms with Gasteiger partial charge < -0.3 is 34.6 Å². The van der Waals surface area contributed by atoms with Crippen LogP contribution in [0.5, 0.6) is 17.2 Å². The second-order valence-electron chi connectivity index (χ2n) is 10.1. The van der Waals surface area contributed by atoms with Gasteiger partial charge in [-0.2, -0.15) is 13.2 Å². The van der Waals surface area contributed by atoms with E-state index in [1.807, 2.05) is 53.9 Å². The summed E-state index contributed by atoms with van der Waals surface area (Å²) >= 11 is 0. The van der Waals surface area contributed by atoms with Crippen molar-refractivity contribution in [2.24, 2.45) is 0 Å². The molecule has 0 aliphatic carbocycles. The maximum Gasteiger partial charge on any atom is 0.490 e. The highest BCUT2D eigenvalue weighted by molar-refractivity contribution is 5.78. The fourth-order valence-electron chi connectivity index (χ4n) is 4.91. The van der Waals surface area contributed by atoms with Crippen molar-refractivity contribution >= 4 is 28.8 Å². The van der Waals surface area contributed by atoms with Gasteiger partial charge in [-0.25, -0.2) is 14.3 Å². The molecular weight excluding hydrogens is 597 g/mol.